The van der Waals surface area contributed by atoms with Gasteiger partial charge in [-0.1, -0.05) is 67.1 Å². The minimum Gasteiger partial charge on any atom is -0.299 e. The minimum atomic E-state index is -0.0807. The van der Waals surface area contributed by atoms with E-state index in [-0.39, 0.29) is 23.7 Å². The Bertz CT molecular complexity index is 1060. The summed E-state index contributed by atoms with van der Waals surface area (Å²) in [5.41, 5.74) is 3.17. The first-order valence-electron chi connectivity index (χ1n) is 11.6. The van der Waals surface area contributed by atoms with Crippen LogP contribution in [-0.2, 0) is 16.0 Å². The number of carbonyl (C=O) groups excluding carboxylic acids is 2. The Morgan fingerprint density at radius 1 is 0.969 bits per heavy atom. The Morgan fingerprint density at radius 2 is 1.62 bits per heavy atom. The molecule has 0 N–H and O–H groups in total. The number of fused-ring (bicyclic) bond motifs is 2. The number of amides is 1. The number of aromatic nitrogens is 1. The van der Waals surface area contributed by atoms with Crippen LogP contribution < -0.4 is 4.90 Å². The molecule has 2 atom stereocenters. The molecular weight excluding hydrogens is 416 g/mol. The van der Waals surface area contributed by atoms with Crippen molar-refractivity contribution in [3.63, 3.8) is 0 Å². The lowest BCUT2D eigenvalue weighted by Gasteiger charge is -2.38. The molecule has 0 spiro atoms. The zero-order valence-electron chi connectivity index (χ0n) is 18.2. The molecule has 2 unspecified atom stereocenters. The Kier molecular flexibility index (Phi) is 6.17. The summed E-state index contributed by atoms with van der Waals surface area (Å²) in [6.45, 7) is 0.602. The lowest BCUT2D eigenvalue weighted by atomic mass is 9.67. The highest BCUT2D eigenvalue weighted by molar-refractivity contribution is 7.14. The number of rotatable bonds is 6. The Morgan fingerprint density at radius 3 is 2.31 bits per heavy atom. The lowest BCUT2D eigenvalue weighted by Crippen LogP contribution is -2.45. The number of anilines is 1. The predicted octanol–water partition coefficient (Wildman–Crippen LogP) is 5.78. The zero-order valence-corrected chi connectivity index (χ0v) is 19.0. The third-order valence-electron chi connectivity index (χ3n) is 6.92. The van der Waals surface area contributed by atoms with Gasteiger partial charge in [-0.05, 0) is 37.7 Å². The first kappa shape index (κ1) is 21.1. The van der Waals surface area contributed by atoms with Gasteiger partial charge in [-0.15, -0.1) is 11.3 Å². The van der Waals surface area contributed by atoms with Crippen LogP contribution in [0.3, 0.4) is 0 Å². The quantitative estimate of drug-likeness (QED) is 0.484. The van der Waals surface area contributed by atoms with Crippen molar-refractivity contribution in [3.05, 3.63) is 71.6 Å². The fourth-order valence-corrected chi connectivity index (χ4v) is 6.08. The van der Waals surface area contributed by atoms with Gasteiger partial charge >= 0.3 is 0 Å². The largest absolute Gasteiger partial charge is 0.299 e. The summed E-state index contributed by atoms with van der Waals surface area (Å²) in [6, 6.07) is 20.4. The van der Waals surface area contributed by atoms with Crippen LogP contribution in [0, 0.1) is 17.8 Å². The van der Waals surface area contributed by atoms with E-state index in [9.17, 15) is 9.59 Å². The van der Waals surface area contributed by atoms with E-state index in [0.29, 0.717) is 25.2 Å². The molecular formula is C27H28N2O2S. The normalized spacial score (nSPS) is 22.5. The molecule has 2 aliphatic carbocycles. The fourth-order valence-electron chi connectivity index (χ4n) is 5.22. The molecule has 0 saturated heterocycles. The second-order valence-electron chi connectivity index (χ2n) is 9.00. The molecule has 2 aromatic carbocycles. The maximum atomic E-state index is 13.8. The van der Waals surface area contributed by atoms with Gasteiger partial charge in [-0.2, -0.15) is 0 Å². The fraction of sp³-hybridized carbons (Fsp3) is 0.370. The van der Waals surface area contributed by atoms with Gasteiger partial charge in [-0.3, -0.25) is 14.5 Å². The average molecular weight is 445 g/mol. The SMILES string of the molecule is O=C1C2CCCC1CC(C(=O)N(CCc1ccccc1)c1nc(-c3ccccc3)cs1)C2. The van der Waals surface area contributed by atoms with Crippen LogP contribution in [0.5, 0.6) is 0 Å². The van der Waals surface area contributed by atoms with Crippen LogP contribution >= 0.6 is 11.3 Å². The van der Waals surface area contributed by atoms with Gasteiger partial charge in [0.15, 0.2) is 5.13 Å². The number of thiazole rings is 1. The van der Waals surface area contributed by atoms with Gasteiger partial charge in [0.1, 0.15) is 5.78 Å². The standard InChI is InChI=1S/C27H28N2O2S/c30-25-21-12-7-13-22(25)17-23(16-21)26(31)29(15-14-19-8-3-1-4-9-19)27-28-24(18-32-27)20-10-5-2-6-11-20/h1-6,8-11,18,21-23H,7,12-17H2. The van der Waals surface area contributed by atoms with E-state index in [0.717, 1.165) is 42.1 Å². The molecule has 2 bridgehead atoms. The van der Waals surface area contributed by atoms with Crippen LogP contribution in [0.4, 0.5) is 5.13 Å². The van der Waals surface area contributed by atoms with Gasteiger partial charge < -0.3 is 0 Å². The van der Waals surface area contributed by atoms with E-state index in [2.05, 4.69) is 12.1 Å². The van der Waals surface area contributed by atoms with E-state index >= 15 is 0 Å². The lowest BCUT2D eigenvalue weighted by molar-refractivity contribution is -0.136. The maximum Gasteiger partial charge on any atom is 0.231 e. The van der Waals surface area contributed by atoms with Gasteiger partial charge in [0.05, 0.1) is 5.69 Å². The van der Waals surface area contributed by atoms with Crippen molar-refractivity contribution < 1.29 is 9.59 Å². The molecule has 32 heavy (non-hydrogen) atoms. The molecule has 5 rings (SSSR count). The Hall–Kier alpha value is -2.79. The van der Waals surface area contributed by atoms with E-state index in [1.807, 2.05) is 58.8 Å². The molecule has 0 aliphatic heterocycles. The molecule has 4 nitrogen and oxygen atoms in total. The van der Waals surface area contributed by atoms with Gasteiger partial charge in [0.25, 0.3) is 0 Å². The molecule has 1 amide bonds. The van der Waals surface area contributed by atoms with Crippen molar-refractivity contribution in [3.8, 4) is 11.3 Å². The predicted molar refractivity (Wildman–Crippen MR) is 129 cm³/mol. The zero-order chi connectivity index (χ0) is 21.9. The highest BCUT2D eigenvalue weighted by atomic mass is 32.1. The second kappa shape index (κ2) is 9.37. The highest BCUT2D eigenvalue weighted by Gasteiger charge is 2.42. The van der Waals surface area contributed by atoms with Crippen LogP contribution in [-0.4, -0.2) is 23.2 Å². The number of nitrogens with zero attached hydrogens (tertiary/aromatic N) is 2. The smallest absolute Gasteiger partial charge is 0.231 e. The van der Waals surface area contributed by atoms with Crippen LogP contribution in [0.1, 0.15) is 37.7 Å². The van der Waals surface area contributed by atoms with Gasteiger partial charge in [0.2, 0.25) is 5.91 Å². The van der Waals surface area contributed by atoms with Crippen LogP contribution in [0.2, 0.25) is 0 Å². The molecule has 2 fully saturated rings. The molecule has 1 aromatic heterocycles. The van der Waals surface area contributed by atoms with Crippen molar-refractivity contribution in [2.75, 3.05) is 11.4 Å². The molecule has 1 heterocycles. The van der Waals surface area contributed by atoms with Gasteiger partial charge in [-0.25, -0.2) is 4.98 Å². The third-order valence-corrected chi connectivity index (χ3v) is 7.79. The van der Waals surface area contributed by atoms with E-state index in [4.69, 9.17) is 4.98 Å². The summed E-state index contributed by atoms with van der Waals surface area (Å²) in [4.78, 5) is 33.1. The van der Waals surface area contributed by atoms with E-state index in [1.54, 1.807) is 0 Å². The Balaban J connectivity index is 1.40. The summed E-state index contributed by atoms with van der Waals surface area (Å²) >= 11 is 1.53. The molecule has 2 saturated carbocycles. The first-order valence-corrected chi connectivity index (χ1v) is 12.5. The molecule has 164 valence electrons. The number of carbonyl (C=O) groups is 2. The average Bonchev–Trinajstić information content (AvgIpc) is 3.30. The number of Topliss-reactive ketones (excluding diaryl/α,β-unsaturated/α-hetero) is 1. The summed E-state index contributed by atoms with van der Waals surface area (Å²) in [7, 11) is 0. The molecule has 0 radical (unpaired) electrons. The maximum absolute atomic E-state index is 13.8. The number of hydrogen-bond donors (Lipinski definition) is 0. The summed E-state index contributed by atoms with van der Waals surface area (Å²) in [6.07, 6.45) is 5.19. The van der Waals surface area contributed by atoms with E-state index in [1.165, 1.54) is 16.9 Å². The third kappa shape index (κ3) is 4.40. The number of hydrogen-bond acceptors (Lipinski definition) is 4. The van der Waals surface area contributed by atoms with Crippen molar-refractivity contribution in [2.45, 2.75) is 38.5 Å². The minimum absolute atomic E-state index is 0.0728. The molecule has 5 heteroatoms. The number of ketones is 1. The molecule has 3 aromatic rings. The Labute approximate surface area is 193 Å². The van der Waals surface area contributed by atoms with Crippen molar-refractivity contribution in [2.24, 2.45) is 17.8 Å². The summed E-state index contributed by atoms with van der Waals surface area (Å²) < 4.78 is 0. The first-order chi connectivity index (χ1) is 15.7. The second-order valence-corrected chi connectivity index (χ2v) is 9.84. The van der Waals surface area contributed by atoms with Crippen molar-refractivity contribution in [1.82, 2.24) is 4.98 Å². The highest BCUT2D eigenvalue weighted by Crippen LogP contribution is 2.41. The van der Waals surface area contributed by atoms with Crippen molar-refractivity contribution >= 4 is 28.2 Å². The van der Waals surface area contributed by atoms with Crippen LogP contribution in [0.25, 0.3) is 11.3 Å². The van der Waals surface area contributed by atoms with Crippen LogP contribution in [0.15, 0.2) is 66.0 Å². The van der Waals surface area contributed by atoms with E-state index < -0.39 is 0 Å². The monoisotopic (exact) mass is 444 g/mol. The number of benzene rings is 2. The van der Waals surface area contributed by atoms with Crippen molar-refractivity contribution in [1.29, 1.82) is 0 Å². The summed E-state index contributed by atoms with van der Waals surface area (Å²) in [5.74, 6) is 0.603. The molecule has 2 aliphatic rings. The topological polar surface area (TPSA) is 50.3 Å². The summed E-state index contributed by atoms with van der Waals surface area (Å²) in [5, 5.41) is 2.79. The van der Waals surface area contributed by atoms with Gasteiger partial charge in [0, 0.05) is 35.2 Å².